The van der Waals surface area contributed by atoms with Gasteiger partial charge in [-0.15, -0.1) is 11.3 Å². The Hall–Kier alpha value is -0.720. The number of nitrogens with one attached hydrogen (secondary N) is 2. The highest BCUT2D eigenvalue weighted by atomic mass is 32.2. The lowest BCUT2D eigenvalue weighted by Gasteiger charge is -2.22. The molecule has 2 heterocycles. The smallest absolute Gasteiger partial charge is 0.314 e. The minimum absolute atomic E-state index is 0.200. The second-order valence-electron chi connectivity index (χ2n) is 5.01. The number of rotatable bonds is 5. The van der Waals surface area contributed by atoms with Crippen LogP contribution in [0.1, 0.15) is 24.1 Å². The lowest BCUT2D eigenvalue weighted by Crippen LogP contribution is -2.47. The van der Waals surface area contributed by atoms with E-state index in [0.29, 0.717) is 24.8 Å². The predicted octanol–water partition coefficient (Wildman–Crippen LogP) is 2.02. The lowest BCUT2D eigenvalue weighted by molar-refractivity contribution is 0.0700. The highest BCUT2D eigenvalue weighted by Crippen LogP contribution is 2.26. The van der Waals surface area contributed by atoms with Crippen molar-refractivity contribution in [3.05, 3.63) is 22.4 Å². The lowest BCUT2D eigenvalue weighted by atomic mass is 10.0. The van der Waals surface area contributed by atoms with Gasteiger partial charge in [-0.1, -0.05) is 13.0 Å². The summed E-state index contributed by atoms with van der Waals surface area (Å²) in [5.41, 5.74) is -0.721. The van der Waals surface area contributed by atoms with Gasteiger partial charge in [0.1, 0.15) is 0 Å². The minimum Gasteiger partial charge on any atom is -0.387 e. The first-order valence-corrected chi connectivity index (χ1v) is 8.48. The Labute approximate surface area is 122 Å². The topological polar surface area (TPSA) is 61.4 Å². The highest BCUT2D eigenvalue weighted by molar-refractivity contribution is 7.99. The van der Waals surface area contributed by atoms with Gasteiger partial charge in [-0.3, -0.25) is 0 Å². The molecule has 1 aromatic rings. The number of urea groups is 1. The third kappa shape index (κ3) is 4.40. The van der Waals surface area contributed by atoms with E-state index < -0.39 is 5.60 Å². The Morgan fingerprint density at radius 3 is 3.05 bits per heavy atom. The first-order valence-electron chi connectivity index (χ1n) is 6.44. The predicted molar refractivity (Wildman–Crippen MR) is 81.0 cm³/mol. The number of amides is 2. The third-order valence-corrected chi connectivity index (χ3v) is 5.60. The number of hydrogen-bond donors (Lipinski definition) is 3. The van der Waals surface area contributed by atoms with Crippen molar-refractivity contribution in [3.63, 3.8) is 0 Å². The van der Waals surface area contributed by atoms with E-state index >= 15 is 0 Å². The summed E-state index contributed by atoms with van der Waals surface area (Å²) in [4.78, 5) is 12.9. The van der Waals surface area contributed by atoms with E-state index in [2.05, 4.69) is 23.6 Å². The zero-order valence-corrected chi connectivity index (χ0v) is 12.6. The van der Waals surface area contributed by atoms with E-state index in [1.54, 1.807) is 23.1 Å². The Kier molecular flexibility index (Phi) is 5.13. The summed E-state index contributed by atoms with van der Waals surface area (Å²) in [5.74, 6) is 1.99. The van der Waals surface area contributed by atoms with Crippen LogP contribution in [0.25, 0.3) is 0 Å². The van der Waals surface area contributed by atoms with Crippen LogP contribution in [0.15, 0.2) is 17.5 Å². The summed E-state index contributed by atoms with van der Waals surface area (Å²) >= 11 is 3.43. The zero-order chi connectivity index (χ0) is 13.7. The maximum Gasteiger partial charge on any atom is 0.314 e. The number of carbonyl (C=O) groups excluding carboxylic acids is 1. The SMILES string of the molecule is C[C@H](CNC(=O)NC[C@]1(O)CCSC1)c1cccs1. The van der Waals surface area contributed by atoms with Crippen molar-refractivity contribution in [1.29, 1.82) is 0 Å². The Morgan fingerprint density at radius 2 is 2.42 bits per heavy atom. The summed E-state index contributed by atoms with van der Waals surface area (Å²) < 4.78 is 0. The van der Waals surface area contributed by atoms with Crippen molar-refractivity contribution < 1.29 is 9.90 Å². The third-order valence-electron chi connectivity index (χ3n) is 3.26. The van der Waals surface area contributed by atoms with Gasteiger partial charge in [-0.25, -0.2) is 4.79 Å². The molecule has 3 N–H and O–H groups in total. The summed E-state index contributed by atoms with van der Waals surface area (Å²) in [7, 11) is 0. The number of carbonyl (C=O) groups is 1. The van der Waals surface area contributed by atoms with E-state index in [9.17, 15) is 9.90 Å². The van der Waals surface area contributed by atoms with Crippen LogP contribution in [0.4, 0.5) is 4.79 Å². The second kappa shape index (κ2) is 6.63. The molecule has 1 fully saturated rings. The van der Waals surface area contributed by atoms with Crippen LogP contribution < -0.4 is 10.6 Å². The van der Waals surface area contributed by atoms with Gasteiger partial charge in [0.2, 0.25) is 0 Å². The zero-order valence-electron chi connectivity index (χ0n) is 11.0. The van der Waals surface area contributed by atoms with Gasteiger partial charge in [-0.05, 0) is 23.6 Å². The van der Waals surface area contributed by atoms with Gasteiger partial charge in [0.05, 0.1) is 5.60 Å². The second-order valence-corrected chi connectivity index (χ2v) is 7.09. The quantitative estimate of drug-likeness (QED) is 0.779. The van der Waals surface area contributed by atoms with Crippen LogP contribution >= 0.6 is 23.1 Å². The van der Waals surface area contributed by atoms with E-state index in [4.69, 9.17) is 0 Å². The molecule has 2 rings (SSSR count). The van der Waals surface area contributed by atoms with Crippen LogP contribution in [0.2, 0.25) is 0 Å². The normalized spacial score (nSPS) is 24.1. The van der Waals surface area contributed by atoms with Crippen LogP contribution in [-0.4, -0.2) is 41.3 Å². The van der Waals surface area contributed by atoms with Crippen molar-refractivity contribution in [2.24, 2.45) is 0 Å². The molecule has 0 aromatic carbocycles. The molecule has 1 aliphatic heterocycles. The van der Waals surface area contributed by atoms with Crippen LogP contribution in [0.5, 0.6) is 0 Å². The molecule has 19 heavy (non-hydrogen) atoms. The average molecular weight is 300 g/mol. The molecule has 1 aromatic heterocycles. The van der Waals surface area contributed by atoms with Gasteiger partial charge < -0.3 is 15.7 Å². The summed E-state index contributed by atoms with van der Waals surface area (Å²) in [5, 5.41) is 17.8. The first-order chi connectivity index (χ1) is 9.09. The van der Waals surface area contributed by atoms with E-state index in [1.807, 2.05) is 11.4 Å². The van der Waals surface area contributed by atoms with Crippen molar-refractivity contribution in [3.8, 4) is 0 Å². The Morgan fingerprint density at radius 1 is 1.58 bits per heavy atom. The molecule has 0 saturated carbocycles. The minimum atomic E-state index is -0.721. The van der Waals surface area contributed by atoms with Crippen molar-refractivity contribution >= 4 is 29.1 Å². The molecule has 0 bridgehead atoms. The summed E-state index contributed by atoms with van der Waals surface area (Å²) in [6, 6.07) is 3.89. The molecular formula is C13H20N2O2S2. The van der Waals surface area contributed by atoms with Gasteiger partial charge in [-0.2, -0.15) is 11.8 Å². The van der Waals surface area contributed by atoms with Gasteiger partial charge in [0.15, 0.2) is 0 Å². The number of thioether (sulfide) groups is 1. The fourth-order valence-corrected chi connectivity index (χ4v) is 4.04. The standard InChI is InChI=1S/C13H20N2O2S2/c1-10(11-3-2-5-19-11)7-14-12(16)15-8-13(17)4-6-18-9-13/h2-3,5,10,17H,4,6-9H2,1H3,(H2,14,15,16)/t10-,13-/m1/s1. The first kappa shape index (κ1) is 14.7. The molecule has 106 valence electrons. The molecule has 0 radical (unpaired) electrons. The molecule has 1 aliphatic rings. The molecule has 2 amide bonds. The van der Waals surface area contributed by atoms with E-state index in [1.165, 1.54) is 4.88 Å². The largest absolute Gasteiger partial charge is 0.387 e. The van der Waals surface area contributed by atoms with Crippen molar-refractivity contribution in [2.45, 2.75) is 24.9 Å². The fraction of sp³-hybridized carbons (Fsp3) is 0.615. The number of hydrogen-bond acceptors (Lipinski definition) is 4. The number of aliphatic hydroxyl groups is 1. The highest BCUT2D eigenvalue weighted by Gasteiger charge is 2.31. The average Bonchev–Trinajstić information content (AvgIpc) is 3.05. The molecule has 0 aliphatic carbocycles. The molecule has 6 heteroatoms. The molecule has 0 spiro atoms. The van der Waals surface area contributed by atoms with Crippen molar-refractivity contribution in [1.82, 2.24) is 10.6 Å². The molecule has 2 atom stereocenters. The van der Waals surface area contributed by atoms with E-state index in [-0.39, 0.29) is 6.03 Å². The molecular weight excluding hydrogens is 280 g/mol. The van der Waals surface area contributed by atoms with Crippen molar-refractivity contribution in [2.75, 3.05) is 24.6 Å². The van der Waals surface area contributed by atoms with Gasteiger partial charge >= 0.3 is 6.03 Å². The van der Waals surface area contributed by atoms with Crippen LogP contribution in [0.3, 0.4) is 0 Å². The van der Waals surface area contributed by atoms with E-state index in [0.717, 1.165) is 12.2 Å². The summed E-state index contributed by atoms with van der Waals surface area (Å²) in [6.45, 7) is 3.03. The molecule has 4 nitrogen and oxygen atoms in total. The van der Waals surface area contributed by atoms with Gasteiger partial charge in [0.25, 0.3) is 0 Å². The molecule has 0 unspecified atom stereocenters. The number of thiophene rings is 1. The Balaban J connectivity index is 1.67. The fourth-order valence-electron chi connectivity index (χ4n) is 1.96. The maximum atomic E-state index is 11.7. The van der Waals surface area contributed by atoms with Gasteiger partial charge in [0, 0.05) is 29.6 Å². The molecule has 1 saturated heterocycles. The maximum absolute atomic E-state index is 11.7. The van der Waals surface area contributed by atoms with Crippen LogP contribution in [0, 0.1) is 0 Å². The monoisotopic (exact) mass is 300 g/mol. The summed E-state index contributed by atoms with van der Waals surface area (Å²) in [6.07, 6.45) is 0.754. The Bertz CT molecular complexity index is 403. The van der Waals surface area contributed by atoms with Crippen LogP contribution in [-0.2, 0) is 0 Å².